The number of piperidine rings is 1. The fraction of sp³-hybridized carbons (Fsp3) is 0.321. The van der Waals surface area contributed by atoms with Gasteiger partial charge in [0.15, 0.2) is 5.82 Å². The highest BCUT2D eigenvalue weighted by Crippen LogP contribution is 2.50. The predicted octanol–water partition coefficient (Wildman–Crippen LogP) is 2.37. The Kier molecular flexibility index (Phi) is 6.59. The van der Waals surface area contributed by atoms with Crippen LogP contribution in [0.5, 0.6) is 0 Å². The van der Waals surface area contributed by atoms with Gasteiger partial charge in [0.05, 0.1) is 19.3 Å². The average Bonchev–Trinajstić information content (AvgIpc) is 3.18. The predicted molar refractivity (Wildman–Crippen MR) is 139 cm³/mol. The minimum Gasteiger partial charge on any atom is -0.390 e. The number of anilines is 2. The van der Waals surface area contributed by atoms with Crippen LogP contribution in [0.15, 0.2) is 54.7 Å². The highest BCUT2D eigenvalue weighted by molar-refractivity contribution is 5.93. The van der Waals surface area contributed by atoms with Crippen molar-refractivity contribution in [2.45, 2.75) is 31.9 Å². The van der Waals surface area contributed by atoms with Crippen LogP contribution in [0.25, 0.3) is 0 Å². The van der Waals surface area contributed by atoms with Crippen molar-refractivity contribution in [2.24, 2.45) is 16.9 Å². The molecule has 184 valence electrons. The van der Waals surface area contributed by atoms with Crippen LogP contribution in [0.2, 0.25) is 0 Å². The molecule has 1 aliphatic carbocycles. The number of nitrogens with one attached hydrogen (secondary N) is 1. The summed E-state index contributed by atoms with van der Waals surface area (Å²) in [6.45, 7) is 1.80. The smallest absolute Gasteiger partial charge is 0.248 e. The Bertz CT molecular complexity index is 1340. The molecule has 2 aromatic carbocycles. The summed E-state index contributed by atoms with van der Waals surface area (Å²) < 4.78 is 0. The molecule has 0 unspecified atom stereocenters. The number of fused-ring (bicyclic) bond motifs is 1. The zero-order chi connectivity index (χ0) is 25.1. The summed E-state index contributed by atoms with van der Waals surface area (Å²) in [5.41, 5.74) is 17.0. The first-order valence-electron chi connectivity index (χ1n) is 12.2. The highest BCUT2D eigenvalue weighted by Gasteiger charge is 2.46. The number of hydrogen-bond donors (Lipinski definition) is 4. The van der Waals surface area contributed by atoms with Crippen LogP contribution in [-0.2, 0) is 13.0 Å². The SMILES string of the molecule is NC(=O)c1cccc(NCC#Cc2cnc(N3CCC4(CC3)Cc3ccccc3[C@H]4N)c(CO)n2)c1. The van der Waals surface area contributed by atoms with Crippen LogP contribution in [-0.4, -0.2) is 40.6 Å². The number of hydrogen-bond acceptors (Lipinski definition) is 7. The van der Waals surface area contributed by atoms with Crippen molar-refractivity contribution in [1.82, 2.24) is 9.97 Å². The quantitative estimate of drug-likeness (QED) is 0.411. The van der Waals surface area contributed by atoms with Crippen molar-refractivity contribution in [2.75, 3.05) is 29.9 Å². The van der Waals surface area contributed by atoms with E-state index in [0.29, 0.717) is 29.3 Å². The van der Waals surface area contributed by atoms with Crippen LogP contribution in [0.3, 0.4) is 0 Å². The van der Waals surface area contributed by atoms with E-state index in [4.69, 9.17) is 11.5 Å². The molecule has 8 heteroatoms. The largest absolute Gasteiger partial charge is 0.390 e. The monoisotopic (exact) mass is 482 g/mol. The van der Waals surface area contributed by atoms with Crippen molar-refractivity contribution in [3.05, 3.63) is 82.8 Å². The van der Waals surface area contributed by atoms with E-state index in [0.717, 1.165) is 38.0 Å². The molecule has 36 heavy (non-hydrogen) atoms. The molecule has 1 spiro atoms. The summed E-state index contributed by atoms with van der Waals surface area (Å²) in [5, 5.41) is 13.1. The molecule has 0 saturated carbocycles. The summed E-state index contributed by atoms with van der Waals surface area (Å²) >= 11 is 0. The van der Waals surface area contributed by atoms with Crippen molar-refractivity contribution < 1.29 is 9.90 Å². The van der Waals surface area contributed by atoms with Crippen molar-refractivity contribution >= 4 is 17.4 Å². The first-order chi connectivity index (χ1) is 17.5. The lowest BCUT2D eigenvalue weighted by molar-refractivity contribution is 0.100. The fourth-order valence-electron chi connectivity index (χ4n) is 5.38. The molecule has 1 amide bonds. The van der Waals surface area contributed by atoms with E-state index >= 15 is 0 Å². The third-order valence-corrected chi connectivity index (χ3v) is 7.37. The second-order valence-corrected chi connectivity index (χ2v) is 9.49. The summed E-state index contributed by atoms with van der Waals surface area (Å²) in [6.07, 6.45) is 4.61. The molecule has 1 saturated heterocycles. The lowest BCUT2D eigenvalue weighted by atomic mass is 9.73. The number of aromatic nitrogens is 2. The molecule has 2 heterocycles. The number of rotatable bonds is 5. The van der Waals surface area contributed by atoms with Gasteiger partial charge in [-0.05, 0) is 59.9 Å². The van der Waals surface area contributed by atoms with Gasteiger partial charge in [-0.3, -0.25) is 4.79 Å². The molecule has 5 rings (SSSR count). The van der Waals surface area contributed by atoms with Gasteiger partial charge in [0.2, 0.25) is 5.91 Å². The Hall–Kier alpha value is -3.93. The number of nitrogens with zero attached hydrogens (tertiary/aromatic N) is 3. The summed E-state index contributed by atoms with van der Waals surface area (Å²) in [4.78, 5) is 22.7. The molecule has 0 radical (unpaired) electrons. The van der Waals surface area contributed by atoms with E-state index in [1.807, 2.05) is 6.07 Å². The molecule has 8 nitrogen and oxygen atoms in total. The molecule has 1 fully saturated rings. The second-order valence-electron chi connectivity index (χ2n) is 9.49. The van der Waals surface area contributed by atoms with Gasteiger partial charge < -0.3 is 26.8 Å². The number of aliphatic hydroxyl groups excluding tert-OH is 1. The van der Waals surface area contributed by atoms with Gasteiger partial charge in [-0.15, -0.1) is 0 Å². The van der Waals surface area contributed by atoms with E-state index in [9.17, 15) is 9.90 Å². The lowest BCUT2D eigenvalue weighted by Gasteiger charge is -2.42. The zero-order valence-electron chi connectivity index (χ0n) is 20.1. The number of benzene rings is 2. The topological polar surface area (TPSA) is 130 Å². The Morgan fingerprint density at radius 2 is 2.00 bits per heavy atom. The number of carbonyl (C=O) groups excluding carboxylic acids is 1. The van der Waals surface area contributed by atoms with Gasteiger partial charge in [-0.1, -0.05) is 36.3 Å². The molecular formula is C28H30N6O2. The lowest BCUT2D eigenvalue weighted by Crippen LogP contribution is -2.45. The number of amides is 1. The van der Waals surface area contributed by atoms with Gasteiger partial charge >= 0.3 is 0 Å². The summed E-state index contributed by atoms with van der Waals surface area (Å²) in [7, 11) is 0. The van der Waals surface area contributed by atoms with Crippen molar-refractivity contribution in [1.29, 1.82) is 0 Å². The van der Waals surface area contributed by atoms with Crippen LogP contribution >= 0.6 is 0 Å². The number of primary amides is 1. The molecule has 1 aliphatic heterocycles. The van der Waals surface area contributed by atoms with Gasteiger partial charge in [-0.25, -0.2) is 9.97 Å². The first-order valence-corrected chi connectivity index (χ1v) is 12.2. The number of carbonyl (C=O) groups is 1. The fourth-order valence-corrected chi connectivity index (χ4v) is 5.38. The van der Waals surface area contributed by atoms with E-state index in [2.05, 4.69) is 56.3 Å². The van der Waals surface area contributed by atoms with E-state index < -0.39 is 5.91 Å². The summed E-state index contributed by atoms with van der Waals surface area (Å²) in [5.74, 6) is 6.23. The van der Waals surface area contributed by atoms with Gasteiger partial charge in [0.1, 0.15) is 11.4 Å². The molecule has 3 aromatic rings. The first kappa shape index (κ1) is 23.8. The van der Waals surface area contributed by atoms with Gasteiger partial charge in [0.25, 0.3) is 0 Å². The third kappa shape index (κ3) is 4.63. The highest BCUT2D eigenvalue weighted by atomic mass is 16.3. The standard InChI is InChI=1S/C28H30N6O2/c29-25-23-9-2-1-5-20(23)16-28(25)10-13-34(14-11-28)27-24(18-35)33-22(17-32-27)8-4-12-31-21-7-3-6-19(15-21)26(30)36/h1-3,5-7,9,15,17,25,31,35H,10-14,16,18,29H2,(H2,30,36)/t25-/m1/s1. The summed E-state index contributed by atoms with van der Waals surface area (Å²) in [6, 6.07) is 15.5. The number of aliphatic hydroxyl groups is 1. The van der Waals surface area contributed by atoms with Gasteiger partial charge in [-0.2, -0.15) is 0 Å². The molecule has 0 bridgehead atoms. The zero-order valence-corrected chi connectivity index (χ0v) is 20.1. The molecule has 2 aliphatic rings. The molecule has 1 atom stereocenters. The normalized spacial score (nSPS) is 17.8. The van der Waals surface area contributed by atoms with Gasteiger partial charge in [0, 0.05) is 30.4 Å². The minimum atomic E-state index is -0.475. The van der Waals surface area contributed by atoms with E-state index in [1.165, 1.54) is 11.1 Å². The van der Waals surface area contributed by atoms with E-state index in [-0.39, 0.29) is 18.1 Å². The van der Waals surface area contributed by atoms with Crippen molar-refractivity contribution in [3.8, 4) is 11.8 Å². The second kappa shape index (κ2) is 9.97. The van der Waals surface area contributed by atoms with Crippen LogP contribution in [0.4, 0.5) is 11.5 Å². The Morgan fingerprint density at radius 3 is 2.75 bits per heavy atom. The third-order valence-electron chi connectivity index (χ3n) is 7.37. The number of nitrogens with two attached hydrogens (primary N) is 2. The maximum atomic E-state index is 11.3. The van der Waals surface area contributed by atoms with Crippen LogP contribution < -0.4 is 21.7 Å². The Balaban J connectivity index is 1.22. The van der Waals surface area contributed by atoms with Crippen LogP contribution in [0.1, 0.15) is 51.8 Å². The maximum absolute atomic E-state index is 11.3. The minimum absolute atomic E-state index is 0.0591. The average molecular weight is 483 g/mol. The maximum Gasteiger partial charge on any atom is 0.248 e. The Labute approximate surface area is 210 Å². The molecule has 1 aromatic heterocycles. The van der Waals surface area contributed by atoms with E-state index in [1.54, 1.807) is 24.4 Å². The van der Waals surface area contributed by atoms with Crippen molar-refractivity contribution in [3.63, 3.8) is 0 Å². The molecule has 6 N–H and O–H groups in total. The van der Waals surface area contributed by atoms with Crippen LogP contribution in [0, 0.1) is 17.3 Å². The Morgan fingerprint density at radius 1 is 1.19 bits per heavy atom. The molecular weight excluding hydrogens is 452 g/mol.